The van der Waals surface area contributed by atoms with Crippen molar-refractivity contribution in [2.24, 2.45) is 17.3 Å². The van der Waals surface area contributed by atoms with Gasteiger partial charge in [-0.3, -0.25) is 14.4 Å². The Morgan fingerprint density at radius 3 is 2.48 bits per heavy atom. The van der Waals surface area contributed by atoms with Gasteiger partial charge in [-0.2, -0.15) is 0 Å². The molecule has 4 rings (SSSR count). The molecule has 144 valence electrons. The van der Waals surface area contributed by atoms with E-state index in [1.54, 1.807) is 6.07 Å². The van der Waals surface area contributed by atoms with Crippen LogP contribution in [0.15, 0.2) is 12.1 Å². The lowest BCUT2D eigenvalue weighted by atomic mass is 9.55. The largest absolute Gasteiger partial charge is 0.427 e. The number of ether oxygens (including phenoxy) is 2. The van der Waals surface area contributed by atoms with Crippen LogP contribution in [0.25, 0.3) is 0 Å². The van der Waals surface area contributed by atoms with Crippen molar-refractivity contribution in [1.29, 1.82) is 0 Å². The summed E-state index contributed by atoms with van der Waals surface area (Å²) in [5, 5.41) is 0. The fraction of sp³-hybridized carbons (Fsp3) is 0.591. The van der Waals surface area contributed by atoms with E-state index in [0.717, 1.165) is 43.2 Å². The van der Waals surface area contributed by atoms with Crippen LogP contribution in [0.1, 0.15) is 69.9 Å². The zero-order chi connectivity index (χ0) is 19.3. The molecule has 2 fully saturated rings. The van der Waals surface area contributed by atoms with Crippen molar-refractivity contribution >= 4 is 17.7 Å². The first kappa shape index (κ1) is 18.2. The average molecular weight is 370 g/mol. The molecule has 5 nitrogen and oxygen atoms in total. The van der Waals surface area contributed by atoms with E-state index in [4.69, 9.17) is 9.47 Å². The first-order valence-electron chi connectivity index (χ1n) is 9.86. The van der Waals surface area contributed by atoms with Crippen LogP contribution in [0.4, 0.5) is 0 Å². The molecular formula is C22H26O5. The molecule has 3 aliphatic carbocycles. The molecular weight excluding hydrogens is 344 g/mol. The van der Waals surface area contributed by atoms with Gasteiger partial charge in [0.15, 0.2) is 0 Å². The smallest absolute Gasteiger partial charge is 0.308 e. The molecule has 1 aromatic carbocycles. The fourth-order valence-corrected chi connectivity index (χ4v) is 5.89. The highest BCUT2D eigenvalue weighted by Gasteiger charge is 2.55. The number of hydrogen-bond acceptors (Lipinski definition) is 5. The molecule has 3 aliphatic rings. The van der Waals surface area contributed by atoms with Gasteiger partial charge in [-0.25, -0.2) is 0 Å². The van der Waals surface area contributed by atoms with Crippen LogP contribution in [0.5, 0.6) is 11.5 Å². The molecule has 0 amide bonds. The maximum absolute atomic E-state index is 12.5. The highest BCUT2D eigenvalue weighted by molar-refractivity contribution is 5.87. The van der Waals surface area contributed by atoms with Gasteiger partial charge in [0, 0.05) is 37.3 Å². The third-order valence-electron chi connectivity index (χ3n) is 6.98. The third kappa shape index (κ3) is 2.97. The summed E-state index contributed by atoms with van der Waals surface area (Å²) in [6.45, 7) is 4.90. The van der Waals surface area contributed by atoms with Crippen molar-refractivity contribution in [1.82, 2.24) is 0 Å². The number of carbonyl (C=O) groups excluding carboxylic acids is 3. The standard InChI is InChI=1S/C22H26O5/c1-12(23)26-15-10-14-4-5-16-17(21(14)19(11-15)27-13(2)24)8-9-22(3)18(16)6-7-20(22)25/h10-11,16-18H,4-9H2,1-3H3. The van der Waals surface area contributed by atoms with E-state index in [2.05, 4.69) is 6.92 Å². The normalized spacial score (nSPS) is 31.5. The Morgan fingerprint density at radius 1 is 1.04 bits per heavy atom. The van der Waals surface area contributed by atoms with E-state index in [0.29, 0.717) is 41.5 Å². The molecule has 0 aromatic heterocycles. The van der Waals surface area contributed by atoms with Crippen molar-refractivity contribution in [3.05, 3.63) is 23.3 Å². The third-order valence-corrected chi connectivity index (χ3v) is 6.98. The molecule has 4 unspecified atom stereocenters. The number of esters is 2. The summed E-state index contributed by atoms with van der Waals surface area (Å²) in [5.41, 5.74) is 2.00. The molecule has 0 spiro atoms. The quantitative estimate of drug-likeness (QED) is 0.582. The van der Waals surface area contributed by atoms with Gasteiger partial charge in [0.05, 0.1) is 0 Å². The Morgan fingerprint density at radius 2 is 1.78 bits per heavy atom. The second-order valence-corrected chi connectivity index (χ2v) is 8.52. The summed E-state index contributed by atoms with van der Waals surface area (Å²) in [6.07, 6.45) is 5.36. The lowest BCUT2D eigenvalue weighted by Gasteiger charge is -2.48. The number of hydrogen-bond donors (Lipinski definition) is 0. The van der Waals surface area contributed by atoms with Crippen LogP contribution < -0.4 is 9.47 Å². The summed E-state index contributed by atoms with van der Waals surface area (Å²) in [5.74, 6) is 1.73. The first-order valence-corrected chi connectivity index (χ1v) is 9.86. The van der Waals surface area contributed by atoms with Gasteiger partial charge in [0.2, 0.25) is 0 Å². The molecule has 0 bridgehead atoms. The summed E-state index contributed by atoms with van der Waals surface area (Å²) in [7, 11) is 0. The molecule has 0 N–H and O–H groups in total. The number of Topliss-reactive ketones (excluding diaryl/α,β-unsaturated/α-hetero) is 1. The van der Waals surface area contributed by atoms with Crippen LogP contribution >= 0.6 is 0 Å². The zero-order valence-corrected chi connectivity index (χ0v) is 16.2. The van der Waals surface area contributed by atoms with E-state index in [1.165, 1.54) is 13.8 Å². The van der Waals surface area contributed by atoms with Crippen LogP contribution in [0, 0.1) is 17.3 Å². The Bertz CT molecular complexity index is 826. The highest BCUT2D eigenvalue weighted by Crippen LogP contribution is 2.60. The van der Waals surface area contributed by atoms with Crippen molar-refractivity contribution in [3.63, 3.8) is 0 Å². The number of carbonyl (C=O) groups is 3. The minimum Gasteiger partial charge on any atom is -0.427 e. The van der Waals surface area contributed by atoms with E-state index < -0.39 is 5.97 Å². The number of ketones is 1. The van der Waals surface area contributed by atoms with E-state index in [1.807, 2.05) is 6.07 Å². The lowest BCUT2D eigenvalue weighted by Crippen LogP contribution is -2.42. The Balaban J connectivity index is 1.75. The summed E-state index contributed by atoms with van der Waals surface area (Å²) in [4.78, 5) is 35.6. The lowest BCUT2D eigenvalue weighted by molar-refractivity contribution is -0.132. The van der Waals surface area contributed by atoms with Gasteiger partial charge < -0.3 is 9.47 Å². The second-order valence-electron chi connectivity index (χ2n) is 8.52. The topological polar surface area (TPSA) is 69.7 Å². The molecule has 5 heteroatoms. The predicted octanol–water partition coefficient (Wildman–Crippen LogP) is 3.96. The van der Waals surface area contributed by atoms with Crippen molar-refractivity contribution < 1.29 is 23.9 Å². The van der Waals surface area contributed by atoms with Gasteiger partial charge in [0.1, 0.15) is 17.3 Å². The SMILES string of the molecule is CC(=O)Oc1cc2c(c(OC(C)=O)c1)C1CCC3(C)C(=O)CCC3C1CC2. The van der Waals surface area contributed by atoms with Gasteiger partial charge in [-0.15, -0.1) is 0 Å². The maximum atomic E-state index is 12.5. The fourth-order valence-electron chi connectivity index (χ4n) is 5.89. The van der Waals surface area contributed by atoms with E-state index in [-0.39, 0.29) is 11.4 Å². The molecule has 1 aromatic rings. The molecule has 0 aliphatic heterocycles. The molecule has 2 saturated carbocycles. The Labute approximate surface area is 159 Å². The molecule has 0 saturated heterocycles. The summed E-state index contributed by atoms with van der Waals surface area (Å²) >= 11 is 0. The minimum atomic E-state index is -0.393. The molecule has 27 heavy (non-hydrogen) atoms. The molecule has 4 atom stereocenters. The van der Waals surface area contributed by atoms with E-state index in [9.17, 15) is 14.4 Å². The monoisotopic (exact) mass is 370 g/mol. The van der Waals surface area contributed by atoms with Gasteiger partial charge >= 0.3 is 11.9 Å². The summed E-state index contributed by atoms with van der Waals surface area (Å²) < 4.78 is 10.8. The minimum absolute atomic E-state index is 0.183. The number of aryl methyl sites for hydroxylation is 1. The van der Waals surface area contributed by atoms with Gasteiger partial charge in [0.25, 0.3) is 0 Å². The van der Waals surface area contributed by atoms with Gasteiger partial charge in [-0.05, 0) is 61.5 Å². The molecule has 0 radical (unpaired) electrons. The Hall–Kier alpha value is -2.17. The van der Waals surface area contributed by atoms with Crippen LogP contribution in [-0.2, 0) is 20.8 Å². The number of rotatable bonds is 2. The van der Waals surface area contributed by atoms with Crippen molar-refractivity contribution in [3.8, 4) is 11.5 Å². The van der Waals surface area contributed by atoms with Crippen LogP contribution in [0.3, 0.4) is 0 Å². The number of fused-ring (bicyclic) bond motifs is 5. The maximum Gasteiger partial charge on any atom is 0.308 e. The average Bonchev–Trinajstić information content (AvgIpc) is 2.88. The Kier molecular flexibility index (Phi) is 4.36. The van der Waals surface area contributed by atoms with Crippen LogP contribution in [-0.4, -0.2) is 17.7 Å². The van der Waals surface area contributed by atoms with Crippen LogP contribution in [0.2, 0.25) is 0 Å². The van der Waals surface area contributed by atoms with E-state index >= 15 is 0 Å². The summed E-state index contributed by atoms with van der Waals surface area (Å²) in [6, 6.07) is 3.57. The predicted molar refractivity (Wildman–Crippen MR) is 98.7 cm³/mol. The highest BCUT2D eigenvalue weighted by atomic mass is 16.5. The second kappa shape index (κ2) is 6.47. The zero-order valence-electron chi connectivity index (χ0n) is 16.2. The first-order chi connectivity index (χ1) is 12.8. The molecule has 0 heterocycles. The number of benzene rings is 1. The van der Waals surface area contributed by atoms with Crippen molar-refractivity contribution in [2.45, 2.75) is 65.2 Å². The van der Waals surface area contributed by atoms with Gasteiger partial charge in [-0.1, -0.05) is 6.92 Å². The van der Waals surface area contributed by atoms with Crippen molar-refractivity contribution in [2.75, 3.05) is 0 Å².